The summed E-state index contributed by atoms with van der Waals surface area (Å²) in [5.41, 5.74) is 1.30. The number of aromatic nitrogens is 1. The van der Waals surface area contributed by atoms with Crippen molar-refractivity contribution in [3.05, 3.63) is 64.3 Å². The lowest BCUT2D eigenvalue weighted by atomic mass is 9.86. The minimum atomic E-state index is -4.53. The molecule has 1 aliphatic heterocycles. The Labute approximate surface area is 200 Å². The van der Waals surface area contributed by atoms with Gasteiger partial charge in [0.2, 0.25) is 5.91 Å². The first-order valence-electron chi connectivity index (χ1n) is 11.1. The molecule has 5 nitrogen and oxygen atoms in total. The van der Waals surface area contributed by atoms with E-state index in [1.165, 1.54) is 12.3 Å². The Bertz CT molecular complexity index is 1210. The Morgan fingerprint density at radius 1 is 1.21 bits per heavy atom. The number of carbonyl (C=O) groups is 1. The Hall–Kier alpha value is -2.84. The van der Waals surface area contributed by atoms with Crippen LogP contribution in [0.4, 0.5) is 24.5 Å². The molecule has 1 aliphatic rings. The zero-order valence-corrected chi connectivity index (χ0v) is 19.4. The van der Waals surface area contributed by atoms with Crippen LogP contribution in [0.2, 0.25) is 5.02 Å². The van der Waals surface area contributed by atoms with Gasteiger partial charge in [-0.1, -0.05) is 24.6 Å². The van der Waals surface area contributed by atoms with Gasteiger partial charge in [-0.3, -0.25) is 9.78 Å². The van der Waals surface area contributed by atoms with Gasteiger partial charge in [-0.15, -0.1) is 0 Å². The standard InChI is InChI=1S/C25H25ClF3N3O2/c1-2-23(34)32-9-7-15(8-10-32)19-5-4-18(12-21(19)25(27,28)29)31-24-16(14-33)13-30-22-6-3-17(26)11-20(22)24/h3-6,11-13,15,33H,2,7-10,14H2,1H3,(H,30,31). The Balaban J connectivity index is 1.68. The number of aliphatic hydroxyl groups excluding tert-OH is 1. The normalized spacial score (nSPS) is 15.1. The number of benzene rings is 2. The van der Waals surface area contributed by atoms with Gasteiger partial charge in [-0.05, 0) is 54.7 Å². The maximum Gasteiger partial charge on any atom is 0.416 e. The summed E-state index contributed by atoms with van der Waals surface area (Å²) < 4.78 is 42.2. The summed E-state index contributed by atoms with van der Waals surface area (Å²) in [6, 6.07) is 9.29. The van der Waals surface area contributed by atoms with E-state index in [4.69, 9.17) is 11.6 Å². The minimum Gasteiger partial charge on any atom is -0.392 e. The average molecular weight is 492 g/mol. The van der Waals surface area contributed by atoms with E-state index in [1.54, 1.807) is 36.1 Å². The molecule has 9 heteroatoms. The molecule has 2 heterocycles. The molecule has 0 spiro atoms. The van der Waals surface area contributed by atoms with E-state index in [-0.39, 0.29) is 29.7 Å². The molecule has 0 atom stereocenters. The van der Waals surface area contributed by atoms with Crippen LogP contribution in [0, 0.1) is 0 Å². The van der Waals surface area contributed by atoms with Crippen molar-refractivity contribution in [2.45, 2.75) is 44.9 Å². The van der Waals surface area contributed by atoms with Crippen LogP contribution in [-0.4, -0.2) is 34.0 Å². The molecule has 0 saturated carbocycles. The van der Waals surface area contributed by atoms with Crippen molar-refractivity contribution in [2.75, 3.05) is 18.4 Å². The van der Waals surface area contributed by atoms with Crippen LogP contribution < -0.4 is 5.32 Å². The van der Waals surface area contributed by atoms with E-state index < -0.39 is 11.7 Å². The Morgan fingerprint density at radius 3 is 2.59 bits per heavy atom. The number of nitrogens with zero attached hydrogens (tertiary/aromatic N) is 2. The second-order valence-corrected chi connectivity index (χ2v) is 8.85. The predicted molar refractivity (Wildman–Crippen MR) is 126 cm³/mol. The maximum atomic E-state index is 14.1. The number of amides is 1. The van der Waals surface area contributed by atoms with Crippen LogP contribution >= 0.6 is 11.6 Å². The van der Waals surface area contributed by atoms with Gasteiger partial charge >= 0.3 is 6.18 Å². The Kier molecular flexibility index (Phi) is 7.00. The summed E-state index contributed by atoms with van der Waals surface area (Å²) in [7, 11) is 0. The molecule has 0 unspecified atom stereocenters. The molecule has 1 amide bonds. The van der Waals surface area contributed by atoms with Crippen molar-refractivity contribution >= 4 is 39.8 Å². The van der Waals surface area contributed by atoms with Crippen molar-refractivity contribution in [2.24, 2.45) is 0 Å². The van der Waals surface area contributed by atoms with Gasteiger partial charge in [0.25, 0.3) is 0 Å². The van der Waals surface area contributed by atoms with Crippen LogP contribution in [0.5, 0.6) is 0 Å². The maximum absolute atomic E-state index is 14.1. The monoisotopic (exact) mass is 491 g/mol. The number of alkyl halides is 3. The van der Waals surface area contributed by atoms with Crippen molar-refractivity contribution in [3.63, 3.8) is 0 Å². The molecule has 2 N–H and O–H groups in total. The van der Waals surface area contributed by atoms with E-state index in [1.807, 2.05) is 0 Å². The summed E-state index contributed by atoms with van der Waals surface area (Å²) in [4.78, 5) is 17.9. The first-order valence-corrected chi connectivity index (χ1v) is 11.5. The van der Waals surface area contributed by atoms with Gasteiger partial charge in [-0.2, -0.15) is 13.2 Å². The number of aliphatic hydroxyl groups is 1. The lowest BCUT2D eigenvalue weighted by Crippen LogP contribution is -2.37. The molecule has 34 heavy (non-hydrogen) atoms. The fraction of sp³-hybridized carbons (Fsp3) is 0.360. The summed E-state index contributed by atoms with van der Waals surface area (Å²) in [5, 5.41) is 13.9. The van der Waals surface area contributed by atoms with E-state index >= 15 is 0 Å². The first-order chi connectivity index (χ1) is 16.2. The molecule has 0 aliphatic carbocycles. The van der Waals surface area contributed by atoms with E-state index in [2.05, 4.69) is 10.3 Å². The smallest absolute Gasteiger partial charge is 0.392 e. The molecule has 0 bridgehead atoms. The number of likely N-dealkylation sites (tertiary alicyclic amines) is 1. The number of hydrogen-bond donors (Lipinski definition) is 2. The summed E-state index contributed by atoms with van der Waals surface area (Å²) in [5.74, 6) is -0.251. The van der Waals surface area contributed by atoms with E-state index in [9.17, 15) is 23.1 Å². The SMILES string of the molecule is CCC(=O)N1CCC(c2ccc(Nc3c(CO)cnc4ccc(Cl)cc34)cc2C(F)(F)F)CC1. The molecule has 4 rings (SSSR count). The molecule has 180 valence electrons. The summed E-state index contributed by atoms with van der Waals surface area (Å²) in [6.45, 7) is 2.36. The summed E-state index contributed by atoms with van der Waals surface area (Å²) in [6.07, 6.45) is -1.67. The zero-order valence-electron chi connectivity index (χ0n) is 18.6. The third-order valence-corrected chi connectivity index (χ3v) is 6.53. The van der Waals surface area contributed by atoms with E-state index in [0.29, 0.717) is 59.5 Å². The van der Waals surface area contributed by atoms with Crippen LogP contribution in [0.3, 0.4) is 0 Å². The molecule has 1 fully saturated rings. The Morgan fingerprint density at radius 2 is 1.94 bits per heavy atom. The van der Waals surface area contributed by atoms with E-state index in [0.717, 1.165) is 6.07 Å². The fourth-order valence-corrected chi connectivity index (χ4v) is 4.69. The number of hydrogen-bond acceptors (Lipinski definition) is 4. The number of piperidine rings is 1. The van der Waals surface area contributed by atoms with Crippen LogP contribution in [0.25, 0.3) is 10.9 Å². The summed E-state index contributed by atoms with van der Waals surface area (Å²) >= 11 is 6.13. The molecular weight excluding hydrogens is 467 g/mol. The highest BCUT2D eigenvalue weighted by Gasteiger charge is 2.36. The van der Waals surface area contributed by atoms with Crippen molar-refractivity contribution in [1.29, 1.82) is 0 Å². The largest absolute Gasteiger partial charge is 0.416 e. The van der Waals surface area contributed by atoms with Crippen LogP contribution in [-0.2, 0) is 17.6 Å². The number of carbonyl (C=O) groups excluding carboxylic acids is 1. The minimum absolute atomic E-state index is 0.0263. The highest BCUT2D eigenvalue weighted by atomic mass is 35.5. The van der Waals surface area contributed by atoms with Gasteiger partial charge in [0.1, 0.15) is 0 Å². The third kappa shape index (κ3) is 4.98. The number of nitrogens with one attached hydrogen (secondary N) is 1. The zero-order chi connectivity index (χ0) is 24.5. The number of fused-ring (bicyclic) bond motifs is 1. The molecule has 3 aromatic rings. The fourth-order valence-electron chi connectivity index (χ4n) is 4.52. The highest BCUT2D eigenvalue weighted by molar-refractivity contribution is 6.31. The average Bonchev–Trinajstić information content (AvgIpc) is 2.83. The van der Waals surface area contributed by atoms with Crippen molar-refractivity contribution in [1.82, 2.24) is 9.88 Å². The molecule has 2 aromatic carbocycles. The third-order valence-electron chi connectivity index (χ3n) is 6.30. The van der Waals surface area contributed by atoms with Gasteiger partial charge in [-0.25, -0.2) is 0 Å². The van der Waals surface area contributed by atoms with Crippen molar-refractivity contribution < 1.29 is 23.1 Å². The van der Waals surface area contributed by atoms with Crippen LogP contribution in [0.1, 0.15) is 48.8 Å². The van der Waals surface area contributed by atoms with Crippen molar-refractivity contribution in [3.8, 4) is 0 Å². The predicted octanol–water partition coefficient (Wildman–Crippen LogP) is 6.26. The molecular formula is C25H25ClF3N3O2. The lowest BCUT2D eigenvalue weighted by molar-refractivity contribution is -0.139. The number of rotatable bonds is 5. The number of pyridine rings is 1. The number of halogens is 4. The van der Waals surface area contributed by atoms with Crippen LogP contribution in [0.15, 0.2) is 42.6 Å². The molecule has 1 aromatic heterocycles. The lowest BCUT2D eigenvalue weighted by Gasteiger charge is -2.33. The second-order valence-electron chi connectivity index (χ2n) is 8.41. The van der Waals surface area contributed by atoms with Gasteiger partial charge < -0.3 is 15.3 Å². The topological polar surface area (TPSA) is 65.5 Å². The number of anilines is 2. The first kappa shape index (κ1) is 24.3. The molecule has 1 saturated heterocycles. The van der Waals surface area contributed by atoms with Gasteiger partial charge in [0.05, 0.1) is 23.4 Å². The highest BCUT2D eigenvalue weighted by Crippen LogP contribution is 2.41. The molecule has 0 radical (unpaired) electrons. The van der Waals surface area contributed by atoms with Gasteiger partial charge in [0, 0.05) is 47.4 Å². The van der Waals surface area contributed by atoms with Gasteiger partial charge in [0.15, 0.2) is 0 Å². The second kappa shape index (κ2) is 9.80. The quantitative estimate of drug-likeness (QED) is 0.442.